The summed E-state index contributed by atoms with van der Waals surface area (Å²) in [6.45, 7) is 1.83. The van der Waals surface area contributed by atoms with E-state index in [0.717, 1.165) is 16.7 Å². The van der Waals surface area contributed by atoms with Crippen LogP contribution in [-0.4, -0.2) is 16.6 Å². The van der Waals surface area contributed by atoms with Crippen LogP contribution >= 0.6 is 0 Å². The fourth-order valence-corrected chi connectivity index (χ4v) is 3.21. The third kappa shape index (κ3) is 6.08. The zero-order valence-corrected chi connectivity index (χ0v) is 16.6. The third-order valence-electron chi connectivity index (χ3n) is 4.89. The van der Waals surface area contributed by atoms with Crippen molar-refractivity contribution in [1.82, 2.24) is 4.98 Å². The average molecular weight is 383 g/mol. The van der Waals surface area contributed by atoms with E-state index in [4.69, 9.17) is 0 Å². The second-order valence-electron chi connectivity index (χ2n) is 7.04. The number of allylic oxidation sites excluding steroid dienone is 1. The predicted molar refractivity (Wildman–Crippen MR) is 117 cm³/mol. The molecular formula is C26H25NO2. The molecule has 3 rings (SSSR count). The smallest absolute Gasteiger partial charge is 0.155 e. The van der Waals surface area contributed by atoms with Crippen molar-refractivity contribution in [1.29, 1.82) is 0 Å². The van der Waals surface area contributed by atoms with Gasteiger partial charge in [-0.15, -0.1) is 0 Å². The molecule has 0 N–H and O–H groups in total. The molecular weight excluding hydrogens is 358 g/mol. The van der Waals surface area contributed by atoms with Crippen molar-refractivity contribution < 1.29 is 9.59 Å². The number of benzene rings is 2. The number of aromatic nitrogens is 1. The van der Waals surface area contributed by atoms with E-state index in [9.17, 15) is 9.59 Å². The van der Waals surface area contributed by atoms with E-state index in [-0.39, 0.29) is 17.5 Å². The van der Waals surface area contributed by atoms with Gasteiger partial charge in [0.1, 0.15) is 5.78 Å². The van der Waals surface area contributed by atoms with E-state index in [2.05, 4.69) is 17.1 Å². The molecule has 3 heteroatoms. The van der Waals surface area contributed by atoms with Crippen LogP contribution in [0.3, 0.4) is 0 Å². The molecule has 3 aromatic rings. The van der Waals surface area contributed by atoms with Crippen LogP contribution in [0.1, 0.15) is 41.6 Å². The lowest BCUT2D eigenvalue weighted by Gasteiger charge is -2.17. The van der Waals surface area contributed by atoms with Crippen LogP contribution in [0, 0.1) is 0 Å². The Morgan fingerprint density at radius 3 is 2.21 bits per heavy atom. The number of rotatable bonds is 9. The molecule has 0 spiro atoms. The van der Waals surface area contributed by atoms with Crippen LogP contribution in [-0.2, 0) is 22.4 Å². The summed E-state index contributed by atoms with van der Waals surface area (Å²) in [4.78, 5) is 28.9. The molecule has 0 radical (unpaired) electrons. The number of Topliss-reactive ketones (excluding diaryl/α,β-unsaturated/α-hetero) is 1. The highest BCUT2D eigenvalue weighted by Crippen LogP contribution is 2.23. The largest absolute Gasteiger partial charge is 0.299 e. The first-order valence-electron chi connectivity index (χ1n) is 9.93. The van der Waals surface area contributed by atoms with Crippen molar-refractivity contribution in [2.75, 3.05) is 0 Å². The Balaban J connectivity index is 1.74. The Morgan fingerprint density at radius 1 is 0.897 bits per heavy atom. The molecule has 1 unspecified atom stereocenters. The fraction of sp³-hybridized carbons (Fsp3) is 0.192. The number of hydrogen-bond donors (Lipinski definition) is 0. The Bertz CT molecular complexity index is 961. The number of carbonyl (C=O) groups excluding carboxylic acids is 2. The lowest BCUT2D eigenvalue weighted by atomic mass is 9.86. The highest BCUT2D eigenvalue weighted by Gasteiger charge is 2.21. The maximum Gasteiger partial charge on any atom is 0.155 e. The summed E-state index contributed by atoms with van der Waals surface area (Å²) >= 11 is 0. The van der Waals surface area contributed by atoms with Gasteiger partial charge < -0.3 is 0 Å². The van der Waals surface area contributed by atoms with Gasteiger partial charge in [0.05, 0.1) is 5.69 Å². The molecule has 0 saturated carbocycles. The predicted octanol–water partition coefficient (Wildman–Crippen LogP) is 5.21. The Kier molecular flexibility index (Phi) is 7.23. The van der Waals surface area contributed by atoms with Crippen molar-refractivity contribution in [3.63, 3.8) is 0 Å². The maximum absolute atomic E-state index is 13.2. The molecule has 0 saturated heterocycles. The molecule has 1 aromatic heterocycles. The van der Waals surface area contributed by atoms with E-state index in [0.29, 0.717) is 25.0 Å². The summed E-state index contributed by atoms with van der Waals surface area (Å²) < 4.78 is 0. The normalized spacial score (nSPS) is 12.0. The summed E-state index contributed by atoms with van der Waals surface area (Å²) in [5, 5.41) is 0. The SMILES string of the molecule is CCC(=O)/C=C/c1ccc(CC(=O)C(Cc2ccccc2)c2ccccc2)cn1. The average Bonchev–Trinajstić information content (AvgIpc) is 2.78. The zero-order valence-electron chi connectivity index (χ0n) is 16.6. The second kappa shape index (κ2) is 10.3. The minimum Gasteiger partial charge on any atom is -0.299 e. The van der Waals surface area contributed by atoms with Crippen LogP contribution < -0.4 is 0 Å². The third-order valence-corrected chi connectivity index (χ3v) is 4.89. The van der Waals surface area contributed by atoms with E-state index >= 15 is 0 Å². The zero-order chi connectivity index (χ0) is 20.5. The van der Waals surface area contributed by atoms with Crippen LogP contribution in [0.2, 0.25) is 0 Å². The van der Waals surface area contributed by atoms with Gasteiger partial charge in [0.15, 0.2) is 5.78 Å². The first kappa shape index (κ1) is 20.4. The first-order chi connectivity index (χ1) is 14.2. The summed E-state index contributed by atoms with van der Waals surface area (Å²) in [5.41, 5.74) is 3.77. The molecule has 0 fully saturated rings. The van der Waals surface area contributed by atoms with Gasteiger partial charge in [-0.25, -0.2) is 0 Å². The Hall–Kier alpha value is -3.33. The monoisotopic (exact) mass is 383 g/mol. The molecule has 0 bridgehead atoms. The van der Waals surface area contributed by atoms with Gasteiger partial charge in [-0.3, -0.25) is 14.6 Å². The van der Waals surface area contributed by atoms with Gasteiger partial charge >= 0.3 is 0 Å². The molecule has 3 nitrogen and oxygen atoms in total. The number of nitrogens with zero attached hydrogens (tertiary/aromatic N) is 1. The van der Waals surface area contributed by atoms with Crippen LogP contribution in [0.4, 0.5) is 0 Å². The molecule has 0 aliphatic heterocycles. The van der Waals surface area contributed by atoms with Crippen molar-refractivity contribution in [3.05, 3.63) is 107 Å². The van der Waals surface area contributed by atoms with Crippen LogP contribution in [0.5, 0.6) is 0 Å². The summed E-state index contributed by atoms with van der Waals surface area (Å²) in [5.74, 6) is 0.0457. The maximum atomic E-state index is 13.2. The minimum absolute atomic E-state index is 0.0673. The van der Waals surface area contributed by atoms with Crippen molar-refractivity contribution in [3.8, 4) is 0 Å². The number of pyridine rings is 1. The van der Waals surface area contributed by atoms with E-state index in [1.165, 1.54) is 0 Å². The molecule has 146 valence electrons. The van der Waals surface area contributed by atoms with Crippen LogP contribution in [0.25, 0.3) is 6.08 Å². The molecule has 1 atom stereocenters. The van der Waals surface area contributed by atoms with Crippen molar-refractivity contribution in [2.45, 2.75) is 32.1 Å². The van der Waals surface area contributed by atoms with E-state index in [1.807, 2.05) is 67.6 Å². The highest BCUT2D eigenvalue weighted by atomic mass is 16.1. The summed E-state index contributed by atoms with van der Waals surface area (Å²) in [6.07, 6.45) is 6.45. The van der Waals surface area contributed by atoms with Gasteiger partial charge in [-0.1, -0.05) is 73.7 Å². The van der Waals surface area contributed by atoms with Crippen molar-refractivity contribution >= 4 is 17.6 Å². The quantitative estimate of drug-likeness (QED) is 0.476. The summed E-state index contributed by atoms with van der Waals surface area (Å²) in [7, 11) is 0. The standard InChI is InChI=1S/C26H25NO2/c1-2-24(28)16-15-23-14-13-21(19-27-23)18-26(29)25(22-11-7-4-8-12-22)17-20-9-5-3-6-10-20/h3-16,19,25H,2,17-18H2,1H3/b16-15+. The lowest BCUT2D eigenvalue weighted by molar-refractivity contribution is -0.120. The molecule has 29 heavy (non-hydrogen) atoms. The molecule has 0 aliphatic carbocycles. The topological polar surface area (TPSA) is 47.0 Å². The number of hydrogen-bond acceptors (Lipinski definition) is 3. The fourth-order valence-electron chi connectivity index (χ4n) is 3.21. The Morgan fingerprint density at radius 2 is 1.59 bits per heavy atom. The van der Waals surface area contributed by atoms with E-state index in [1.54, 1.807) is 18.3 Å². The van der Waals surface area contributed by atoms with Gasteiger partial charge in [-0.2, -0.15) is 0 Å². The molecule has 0 amide bonds. The van der Waals surface area contributed by atoms with Gasteiger partial charge in [-0.05, 0) is 41.3 Å². The second-order valence-corrected chi connectivity index (χ2v) is 7.04. The highest BCUT2D eigenvalue weighted by molar-refractivity contribution is 5.93. The van der Waals surface area contributed by atoms with Crippen LogP contribution in [0.15, 0.2) is 85.1 Å². The van der Waals surface area contributed by atoms with E-state index < -0.39 is 0 Å². The molecule has 0 aliphatic rings. The number of ketones is 2. The summed E-state index contributed by atoms with van der Waals surface area (Å²) in [6, 6.07) is 23.8. The number of carbonyl (C=O) groups is 2. The minimum atomic E-state index is -0.194. The molecule has 1 heterocycles. The van der Waals surface area contributed by atoms with Gasteiger partial charge in [0.2, 0.25) is 0 Å². The lowest BCUT2D eigenvalue weighted by Crippen LogP contribution is -2.17. The van der Waals surface area contributed by atoms with Crippen molar-refractivity contribution in [2.24, 2.45) is 0 Å². The van der Waals surface area contributed by atoms with Gasteiger partial charge in [0, 0.05) is 25.0 Å². The molecule has 2 aromatic carbocycles. The van der Waals surface area contributed by atoms with Gasteiger partial charge in [0.25, 0.3) is 0 Å². The first-order valence-corrected chi connectivity index (χ1v) is 9.93. The Labute approximate surface area is 172 Å².